The van der Waals surface area contributed by atoms with Gasteiger partial charge >= 0.3 is 0 Å². The van der Waals surface area contributed by atoms with E-state index in [1.807, 2.05) is 32.0 Å². The van der Waals surface area contributed by atoms with Gasteiger partial charge in [-0.2, -0.15) is 4.98 Å². The van der Waals surface area contributed by atoms with Crippen LogP contribution in [0.25, 0.3) is 0 Å². The van der Waals surface area contributed by atoms with E-state index in [4.69, 9.17) is 9.26 Å². The molecule has 7 heteroatoms. The van der Waals surface area contributed by atoms with E-state index < -0.39 is 0 Å². The highest BCUT2D eigenvalue weighted by atomic mass is 16.5. The maximum atomic E-state index is 12.4. The van der Waals surface area contributed by atoms with Crippen LogP contribution in [0.1, 0.15) is 44.1 Å². The van der Waals surface area contributed by atoms with Gasteiger partial charge in [0.2, 0.25) is 11.8 Å². The van der Waals surface area contributed by atoms with Crippen LogP contribution in [0.5, 0.6) is 5.75 Å². The van der Waals surface area contributed by atoms with Crippen LogP contribution in [0, 0.1) is 12.8 Å². The zero-order chi connectivity index (χ0) is 19.2. The molecule has 1 aliphatic heterocycles. The smallest absolute Gasteiger partial charge is 0.266 e. The molecule has 3 rings (SSSR count). The van der Waals surface area contributed by atoms with E-state index in [0.29, 0.717) is 24.2 Å². The summed E-state index contributed by atoms with van der Waals surface area (Å²) >= 11 is 0. The summed E-state index contributed by atoms with van der Waals surface area (Å²) in [6.07, 6.45) is 4.32. The highest BCUT2D eigenvalue weighted by Gasteiger charge is 2.24. The fourth-order valence-corrected chi connectivity index (χ4v) is 3.45. The molecule has 1 saturated heterocycles. The number of benzene rings is 1. The van der Waals surface area contributed by atoms with Gasteiger partial charge in [-0.25, -0.2) is 0 Å². The molecule has 1 N–H and O–H groups in total. The number of methoxy groups -OCH3 is 1. The lowest BCUT2D eigenvalue weighted by atomic mass is 9.93. The van der Waals surface area contributed by atoms with Crippen molar-refractivity contribution in [3.05, 3.63) is 29.7 Å². The number of carbonyl (C=O) groups excluding carboxylic acids is 1. The summed E-state index contributed by atoms with van der Waals surface area (Å²) < 4.78 is 10.4. The van der Waals surface area contributed by atoms with Crippen LogP contribution in [0.2, 0.25) is 0 Å². The average molecular weight is 372 g/mol. The number of carbonyl (C=O) groups is 1. The molecule has 1 aliphatic rings. The Morgan fingerprint density at radius 1 is 1.44 bits per heavy atom. The van der Waals surface area contributed by atoms with Gasteiger partial charge in [0, 0.05) is 31.6 Å². The minimum Gasteiger partial charge on any atom is -0.497 e. The lowest BCUT2D eigenvalue weighted by Gasteiger charge is -2.31. The summed E-state index contributed by atoms with van der Waals surface area (Å²) in [4.78, 5) is 18.9. The van der Waals surface area contributed by atoms with Crippen molar-refractivity contribution in [1.29, 1.82) is 0 Å². The summed E-state index contributed by atoms with van der Waals surface area (Å²) in [7, 11) is 1.64. The minimum absolute atomic E-state index is 0.0493. The van der Waals surface area contributed by atoms with E-state index in [-0.39, 0.29) is 5.91 Å². The van der Waals surface area contributed by atoms with Gasteiger partial charge < -0.3 is 19.5 Å². The van der Waals surface area contributed by atoms with Gasteiger partial charge in [-0.15, -0.1) is 0 Å². The molecule has 0 bridgehead atoms. The summed E-state index contributed by atoms with van der Waals surface area (Å²) in [5.41, 5.74) is 1.83. The lowest BCUT2D eigenvalue weighted by Crippen LogP contribution is -2.36. The van der Waals surface area contributed by atoms with Crippen LogP contribution in [-0.2, 0) is 11.2 Å². The molecule has 1 aromatic carbocycles. The van der Waals surface area contributed by atoms with E-state index in [0.717, 1.165) is 55.8 Å². The molecule has 1 unspecified atom stereocenters. The Bertz CT molecular complexity index is 774. The van der Waals surface area contributed by atoms with E-state index in [2.05, 4.69) is 20.4 Å². The Morgan fingerprint density at radius 2 is 2.30 bits per heavy atom. The van der Waals surface area contributed by atoms with E-state index >= 15 is 0 Å². The molecule has 2 aromatic rings. The third-order valence-electron chi connectivity index (χ3n) is 5.05. The Hall–Kier alpha value is -2.57. The molecular formula is C20H28N4O3. The first-order valence-electron chi connectivity index (χ1n) is 9.61. The first kappa shape index (κ1) is 19.2. The summed E-state index contributed by atoms with van der Waals surface area (Å²) in [6, 6.07) is 5.66. The average Bonchev–Trinajstić information content (AvgIpc) is 3.17. The molecule has 146 valence electrons. The third-order valence-corrected chi connectivity index (χ3v) is 5.05. The van der Waals surface area contributed by atoms with Crippen molar-refractivity contribution in [2.45, 2.75) is 46.0 Å². The second-order valence-corrected chi connectivity index (χ2v) is 7.06. The van der Waals surface area contributed by atoms with Crippen LogP contribution >= 0.6 is 0 Å². The topological polar surface area (TPSA) is 80.5 Å². The molecule has 0 saturated carbocycles. The summed E-state index contributed by atoms with van der Waals surface area (Å²) in [5.74, 6) is 2.65. The number of rotatable bonds is 7. The first-order chi connectivity index (χ1) is 13.1. The van der Waals surface area contributed by atoms with Crippen molar-refractivity contribution in [3.8, 4) is 5.75 Å². The van der Waals surface area contributed by atoms with Crippen molar-refractivity contribution in [3.63, 3.8) is 0 Å². The number of nitrogens with one attached hydrogen (secondary N) is 1. The normalized spacial score (nSPS) is 17.0. The number of ether oxygens (including phenoxy) is 1. The fraction of sp³-hybridized carbons (Fsp3) is 0.550. The fourth-order valence-electron chi connectivity index (χ4n) is 3.45. The zero-order valence-corrected chi connectivity index (χ0v) is 16.3. The number of aryl methyl sites for hydroxylation is 2. The van der Waals surface area contributed by atoms with Crippen molar-refractivity contribution in [2.24, 2.45) is 5.92 Å². The van der Waals surface area contributed by atoms with Gasteiger partial charge in [0.05, 0.1) is 7.11 Å². The molecule has 1 fully saturated rings. The minimum atomic E-state index is 0.0493. The van der Waals surface area contributed by atoms with E-state index in [1.165, 1.54) is 0 Å². The van der Waals surface area contributed by atoms with Crippen molar-refractivity contribution in [1.82, 2.24) is 10.1 Å². The zero-order valence-electron chi connectivity index (χ0n) is 16.3. The standard InChI is InChI=1S/C20H28N4O3/c1-4-19-22-20(23-27-19)24-11-5-6-15(13-24)7-10-18(25)21-17-9-8-16(26-3)12-14(17)2/h8-9,12,15H,4-7,10-11,13H2,1-3H3,(H,21,25). The molecule has 2 heterocycles. The molecule has 1 aromatic heterocycles. The second-order valence-electron chi connectivity index (χ2n) is 7.06. The Labute approximate surface area is 160 Å². The lowest BCUT2D eigenvalue weighted by molar-refractivity contribution is -0.116. The van der Waals surface area contributed by atoms with Crippen molar-refractivity contribution < 1.29 is 14.1 Å². The van der Waals surface area contributed by atoms with Gasteiger partial charge in [0.15, 0.2) is 0 Å². The SMILES string of the molecule is CCc1nc(N2CCCC(CCC(=O)Nc3ccc(OC)cc3C)C2)no1. The molecule has 0 radical (unpaired) electrons. The van der Waals surface area contributed by atoms with Crippen LogP contribution in [0.15, 0.2) is 22.7 Å². The molecule has 27 heavy (non-hydrogen) atoms. The Morgan fingerprint density at radius 3 is 3.00 bits per heavy atom. The number of piperidine rings is 1. The number of hydrogen-bond acceptors (Lipinski definition) is 6. The van der Waals surface area contributed by atoms with Gasteiger partial charge in [0.1, 0.15) is 5.75 Å². The van der Waals surface area contributed by atoms with Crippen LogP contribution in [-0.4, -0.2) is 36.2 Å². The predicted octanol–water partition coefficient (Wildman–Crippen LogP) is 3.58. The van der Waals surface area contributed by atoms with Crippen LogP contribution in [0.4, 0.5) is 11.6 Å². The van der Waals surface area contributed by atoms with Crippen LogP contribution < -0.4 is 15.0 Å². The van der Waals surface area contributed by atoms with Gasteiger partial charge in [0.25, 0.3) is 5.95 Å². The first-order valence-corrected chi connectivity index (χ1v) is 9.61. The van der Waals surface area contributed by atoms with Crippen LogP contribution in [0.3, 0.4) is 0 Å². The van der Waals surface area contributed by atoms with Gasteiger partial charge in [-0.05, 0) is 61.0 Å². The maximum Gasteiger partial charge on any atom is 0.266 e. The Kier molecular flexibility index (Phi) is 6.32. The summed E-state index contributed by atoms with van der Waals surface area (Å²) in [6.45, 7) is 5.78. The predicted molar refractivity (Wildman–Crippen MR) is 104 cm³/mol. The highest BCUT2D eigenvalue weighted by Crippen LogP contribution is 2.25. The van der Waals surface area contributed by atoms with E-state index in [1.54, 1.807) is 7.11 Å². The maximum absolute atomic E-state index is 12.4. The number of nitrogens with zero attached hydrogens (tertiary/aromatic N) is 3. The molecule has 0 spiro atoms. The third kappa shape index (κ3) is 4.99. The molecule has 1 amide bonds. The van der Waals surface area contributed by atoms with Gasteiger partial charge in [-0.3, -0.25) is 4.79 Å². The largest absolute Gasteiger partial charge is 0.497 e. The Balaban J connectivity index is 1.49. The molecule has 1 atom stereocenters. The van der Waals surface area contributed by atoms with Crippen molar-refractivity contribution in [2.75, 3.05) is 30.4 Å². The number of aromatic nitrogens is 2. The number of hydrogen-bond donors (Lipinski definition) is 1. The quantitative estimate of drug-likeness (QED) is 0.800. The number of anilines is 2. The van der Waals surface area contributed by atoms with E-state index in [9.17, 15) is 4.79 Å². The molecule has 0 aliphatic carbocycles. The number of amides is 1. The van der Waals surface area contributed by atoms with Gasteiger partial charge in [-0.1, -0.05) is 6.92 Å². The summed E-state index contributed by atoms with van der Waals surface area (Å²) in [5, 5.41) is 7.08. The molecule has 7 nitrogen and oxygen atoms in total. The monoisotopic (exact) mass is 372 g/mol. The molecular weight excluding hydrogens is 344 g/mol. The second kappa shape index (κ2) is 8.88. The van der Waals surface area contributed by atoms with Crippen molar-refractivity contribution >= 4 is 17.5 Å². The highest BCUT2D eigenvalue weighted by molar-refractivity contribution is 5.91.